The van der Waals surface area contributed by atoms with Crippen molar-refractivity contribution in [3.05, 3.63) is 87.1 Å². The molecular weight excluding hydrogens is 426 g/mol. The molecule has 162 valence electrons. The molecule has 0 radical (unpaired) electrons. The first-order chi connectivity index (χ1) is 15.5. The van der Waals surface area contributed by atoms with E-state index in [0.717, 1.165) is 16.0 Å². The number of aryl methyl sites for hydroxylation is 1. The average molecular weight is 448 g/mol. The number of carbonyl (C=O) groups excluding carboxylic acids is 2. The standard InChI is InChI=1S/C25H21NO5S/c1-15-4-6-16(7-5-15)22-21(24(28)25(29)26(22)14-18-3-2-12-32-18)23(27)17-8-9-19-20(13-17)31-11-10-30-19/h2-9,12-13,22,27H,10-11,14H2,1H3/b23-21+. The van der Waals surface area contributed by atoms with Gasteiger partial charge in [0.25, 0.3) is 11.7 Å². The Bertz CT molecular complexity index is 1210. The van der Waals surface area contributed by atoms with Gasteiger partial charge in [0.2, 0.25) is 0 Å². The van der Waals surface area contributed by atoms with Crippen LogP contribution < -0.4 is 9.47 Å². The van der Waals surface area contributed by atoms with Crippen molar-refractivity contribution in [2.45, 2.75) is 19.5 Å². The molecule has 1 saturated heterocycles. The quantitative estimate of drug-likeness (QED) is 0.363. The summed E-state index contributed by atoms with van der Waals surface area (Å²) in [6, 6.07) is 15.8. The summed E-state index contributed by atoms with van der Waals surface area (Å²) in [7, 11) is 0. The van der Waals surface area contributed by atoms with Crippen LogP contribution in [0, 0.1) is 6.92 Å². The van der Waals surface area contributed by atoms with E-state index in [1.807, 2.05) is 48.7 Å². The molecule has 1 aromatic heterocycles. The van der Waals surface area contributed by atoms with Crippen LogP contribution in [0.2, 0.25) is 0 Å². The van der Waals surface area contributed by atoms with Gasteiger partial charge in [0.15, 0.2) is 11.5 Å². The highest BCUT2D eigenvalue weighted by Crippen LogP contribution is 2.42. The molecular formula is C25H21NO5S. The number of Topliss-reactive ketones (excluding diaryl/α,β-unsaturated/α-hetero) is 1. The summed E-state index contributed by atoms with van der Waals surface area (Å²) < 4.78 is 11.2. The Kier molecular flexibility index (Phi) is 5.19. The molecule has 32 heavy (non-hydrogen) atoms. The van der Waals surface area contributed by atoms with Crippen molar-refractivity contribution in [2.75, 3.05) is 13.2 Å². The highest BCUT2D eigenvalue weighted by atomic mass is 32.1. The number of carbonyl (C=O) groups is 2. The maximum Gasteiger partial charge on any atom is 0.295 e. The molecule has 0 spiro atoms. The summed E-state index contributed by atoms with van der Waals surface area (Å²) in [5.74, 6) is -0.455. The average Bonchev–Trinajstić information content (AvgIpc) is 3.41. The molecule has 3 aromatic rings. The minimum Gasteiger partial charge on any atom is -0.507 e. The highest BCUT2D eigenvalue weighted by molar-refractivity contribution is 7.09. The fourth-order valence-corrected chi connectivity index (χ4v) is 4.76. The Labute approximate surface area is 189 Å². The summed E-state index contributed by atoms with van der Waals surface area (Å²) in [6.07, 6.45) is 0. The third-order valence-electron chi connectivity index (χ3n) is 5.65. The van der Waals surface area contributed by atoms with Gasteiger partial charge in [0.05, 0.1) is 18.2 Å². The zero-order valence-electron chi connectivity index (χ0n) is 17.4. The van der Waals surface area contributed by atoms with Crippen LogP contribution >= 0.6 is 11.3 Å². The third-order valence-corrected chi connectivity index (χ3v) is 6.52. The van der Waals surface area contributed by atoms with E-state index in [-0.39, 0.29) is 11.3 Å². The number of hydrogen-bond acceptors (Lipinski definition) is 6. The third kappa shape index (κ3) is 3.54. The zero-order chi connectivity index (χ0) is 22.2. The topological polar surface area (TPSA) is 76.1 Å². The molecule has 5 rings (SSSR count). The lowest BCUT2D eigenvalue weighted by atomic mass is 9.94. The van der Waals surface area contributed by atoms with E-state index in [2.05, 4.69) is 0 Å². The highest BCUT2D eigenvalue weighted by Gasteiger charge is 2.46. The van der Waals surface area contributed by atoms with Crippen LogP contribution in [0.4, 0.5) is 0 Å². The van der Waals surface area contributed by atoms with Gasteiger partial charge in [0, 0.05) is 10.4 Å². The SMILES string of the molecule is Cc1ccc(C2/C(=C(\O)c3ccc4c(c3)OCCO4)C(=O)C(=O)N2Cc2cccs2)cc1. The number of likely N-dealkylation sites (tertiary alicyclic amines) is 1. The molecule has 0 saturated carbocycles. The summed E-state index contributed by atoms with van der Waals surface area (Å²) in [4.78, 5) is 28.7. The second-order valence-corrected chi connectivity index (χ2v) is 8.81. The van der Waals surface area contributed by atoms with Gasteiger partial charge in [-0.15, -0.1) is 11.3 Å². The molecule has 6 nitrogen and oxygen atoms in total. The van der Waals surface area contributed by atoms with Crippen molar-refractivity contribution in [1.29, 1.82) is 0 Å². The number of amides is 1. The predicted octanol–water partition coefficient (Wildman–Crippen LogP) is 4.45. The second kappa shape index (κ2) is 8.16. The van der Waals surface area contributed by atoms with Crippen LogP contribution in [0.3, 0.4) is 0 Å². The second-order valence-electron chi connectivity index (χ2n) is 7.78. The lowest BCUT2D eigenvalue weighted by Gasteiger charge is -2.25. The van der Waals surface area contributed by atoms with E-state index in [0.29, 0.717) is 36.8 Å². The minimum absolute atomic E-state index is 0.0760. The first-order valence-corrected chi connectivity index (χ1v) is 11.2. The molecule has 7 heteroatoms. The molecule has 0 bridgehead atoms. The number of hydrogen-bond donors (Lipinski definition) is 1. The molecule has 1 amide bonds. The van der Waals surface area contributed by atoms with Gasteiger partial charge in [0.1, 0.15) is 19.0 Å². The first kappa shape index (κ1) is 20.3. The summed E-state index contributed by atoms with van der Waals surface area (Å²) >= 11 is 1.52. The molecule has 1 fully saturated rings. The normalized spacial score (nSPS) is 19.4. The van der Waals surface area contributed by atoms with Gasteiger partial charge in [-0.2, -0.15) is 0 Å². The van der Waals surface area contributed by atoms with E-state index < -0.39 is 17.7 Å². The molecule has 1 atom stereocenters. The van der Waals surface area contributed by atoms with Gasteiger partial charge in [-0.05, 0) is 42.1 Å². The molecule has 1 unspecified atom stereocenters. The number of thiophene rings is 1. The number of rotatable bonds is 4. The van der Waals surface area contributed by atoms with Crippen molar-refractivity contribution in [2.24, 2.45) is 0 Å². The van der Waals surface area contributed by atoms with Crippen LogP contribution in [-0.4, -0.2) is 34.9 Å². The Balaban J connectivity index is 1.63. The summed E-state index contributed by atoms with van der Waals surface area (Å²) in [6.45, 7) is 3.13. The van der Waals surface area contributed by atoms with Gasteiger partial charge in [-0.1, -0.05) is 35.9 Å². The summed E-state index contributed by atoms with van der Waals surface area (Å²) in [5.41, 5.74) is 2.31. The number of benzene rings is 2. The molecule has 0 aliphatic carbocycles. The van der Waals surface area contributed by atoms with Gasteiger partial charge >= 0.3 is 0 Å². The van der Waals surface area contributed by atoms with E-state index in [9.17, 15) is 14.7 Å². The molecule has 1 N–H and O–H groups in total. The van der Waals surface area contributed by atoms with E-state index >= 15 is 0 Å². The van der Waals surface area contributed by atoms with Gasteiger partial charge in [-0.3, -0.25) is 9.59 Å². The number of nitrogens with zero attached hydrogens (tertiary/aromatic N) is 1. The van der Waals surface area contributed by atoms with Crippen LogP contribution in [0.15, 0.2) is 65.6 Å². The van der Waals surface area contributed by atoms with Crippen LogP contribution in [-0.2, 0) is 16.1 Å². The Morgan fingerprint density at radius 3 is 2.53 bits per heavy atom. The molecule has 3 heterocycles. The number of aliphatic hydroxyl groups is 1. The maximum absolute atomic E-state index is 13.1. The van der Waals surface area contributed by atoms with Gasteiger partial charge in [-0.25, -0.2) is 0 Å². The predicted molar refractivity (Wildman–Crippen MR) is 121 cm³/mol. The number of fused-ring (bicyclic) bond motifs is 1. The minimum atomic E-state index is -0.695. The van der Waals surface area contributed by atoms with Crippen LogP contribution in [0.25, 0.3) is 5.76 Å². The fourth-order valence-electron chi connectivity index (χ4n) is 4.05. The van der Waals surface area contributed by atoms with Gasteiger partial charge < -0.3 is 19.5 Å². The van der Waals surface area contributed by atoms with E-state index in [1.165, 1.54) is 16.2 Å². The van der Waals surface area contributed by atoms with Crippen molar-refractivity contribution in [1.82, 2.24) is 4.90 Å². The van der Waals surface area contributed by atoms with Crippen molar-refractivity contribution >= 4 is 28.8 Å². The number of ether oxygens (including phenoxy) is 2. The monoisotopic (exact) mass is 447 g/mol. The fraction of sp³-hybridized carbons (Fsp3) is 0.200. The lowest BCUT2D eigenvalue weighted by molar-refractivity contribution is -0.140. The number of aliphatic hydroxyl groups excluding tert-OH is 1. The zero-order valence-corrected chi connectivity index (χ0v) is 18.2. The van der Waals surface area contributed by atoms with E-state index in [4.69, 9.17) is 9.47 Å². The van der Waals surface area contributed by atoms with Crippen LogP contribution in [0.5, 0.6) is 11.5 Å². The van der Waals surface area contributed by atoms with E-state index in [1.54, 1.807) is 18.2 Å². The Morgan fingerprint density at radius 2 is 1.81 bits per heavy atom. The van der Waals surface area contributed by atoms with Crippen molar-refractivity contribution in [3.63, 3.8) is 0 Å². The molecule has 2 aliphatic rings. The maximum atomic E-state index is 13.1. The Hall–Kier alpha value is -3.58. The molecule has 2 aromatic carbocycles. The summed E-state index contributed by atoms with van der Waals surface area (Å²) in [5, 5.41) is 13.2. The van der Waals surface area contributed by atoms with Crippen LogP contribution in [0.1, 0.15) is 27.6 Å². The van der Waals surface area contributed by atoms with Crippen molar-refractivity contribution in [3.8, 4) is 11.5 Å². The Morgan fingerprint density at radius 1 is 1.06 bits per heavy atom. The smallest absolute Gasteiger partial charge is 0.295 e. The lowest BCUT2D eigenvalue weighted by Crippen LogP contribution is -2.28. The first-order valence-electron chi connectivity index (χ1n) is 10.3. The van der Waals surface area contributed by atoms with Crippen molar-refractivity contribution < 1.29 is 24.2 Å². The number of ketones is 1. The molecule has 2 aliphatic heterocycles. The largest absolute Gasteiger partial charge is 0.507 e.